The Bertz CT molecular complexity index is 1570. The number of carbonyl (C=O) groups excluding carboxylic acids is 3. The maximum atomic E-state index is 14.0. The molecule has 1 aliphatic heterocycles. The van der Waals surface area contributed by atoms with Crippen LogP contribution in [-0.2, 0) is 33.8 Å². The van der Waals surface area contributed by atoms with Gasteiger partial charge in [0.25, 0.3) is 0 Å². The second-order valence-corrected chi connectivity index (χ2v) is 12.7. The van der Waals surface area contributed by atoms with Crippen molar-refractivity contribution in [1.82, 2.24) is 4.90 Å². The summed E-state index contributed by atoms with van der Waals surface area (Å²) < 4.78 is 5.17. The quantitative estimate of drug-likeness (QED) is 0.136. The second-order valence-electron chi connectivity index (χ2n) is 10.4. The van der Waals surface area contributed by atoms with Gasteiger partial charge in [0, 0.05) is 41.5 Å². The standard InChI is InChI=1S/C34H35N3O4S2/c1-3-11-29(38)35-25-16-10-17-26(20-25)42-31(24-14-8-5-9-15-24)32(39)36-33-30(34(40)41-2)27-18-19-37(22-28(27)43-33)21-23-12-6-4-7-13-23/h4-10,12-17,20,31H,3,11,18-19,21-22H2,1-2H3,(H,35,38)(H,36,39). The zero-order chi connectivity index (χ0) is 30.2. The molecule has 5 rings (SSSR count). The van der Waals surface area contributed by atoms with E-state index in [2.05, 4.69) is 27.7 Å². The molecule has 1 aliphatic rings. The number of hydrogen-bond acceptors (Lipinski definition) is 7. The van der Waals surface area contributed by atoms with Crippen LogP contribution in [0, 0.1) is 0 Å². The Kier molecular flexibility index (Phi) is 10.3. The number of anilines is 2. The molecule has 2 heterocycles. The number of amides is 2. The highest BCUT2D eigenvalue weighted by atomic mass is 32.2. The second kappa shape index (κ2) is 14.5. The Labute approximate surface area is 260 Å². The van der Waals surface area contributed by atoms with E-state index in [1.807, 2.05) is 79.7 Å². The number of esters is 1. The lowest BCUT2D eigenvalue weighted by Gasteiger charge is -2.27. The van der Waals surface area contributed by atoms with Crippen molar-refractivity contribution in [3.8, 4) is 0 Å². The topological polar surface area (TPSA) is 87.7 Å². The van der Waals surface area contributed by atoms with Crippen molar-refractivity contribution in [2.24, 2.45) is 0 Å². The molecule has 4 aromatic rings. The number of carbonyl (C=O) groups is 3. The molecule has 0 saturated heterocycles. The molecule has 0 saturated carbocycles. The summed E-state index contributed by atoms with van der Waals surface area (Å²) in [5.41, 5.74) is 4.17. The van der Waals surface area contributed by atoms with E-state index in [0.717, 1.165) is 40.4 Å². The van der Waals surface area contributed by atoms with Gasteiger partial charge in [0.05, 0.1) is 12.7 Å². The van der Waals surface area contributed by atoms with E-state index >= 15 is 0 Å². The van der Waals surface area contributed by atoms with Gasteiger partial charge in [-0.25, -0.2) is 4.79 Å². The molecule has 3 aromatic carbocycles. The molecule has 0 radical (unpaired) electrons. The normalized spacial score (nSPS) is 13.5. The van der Waals surface area contributed by atoms with Gasteiger partial charge in [0.1, 0.15) is 10.3 Å². The molecule has 9 heteroatoms. The summed E-state index contributed by atoms with van der Waals surface area (Å²) in [7, 11) is 1.37. The molecule has 0 aliphatic carbocycles. The van der Waals surface area contributed by atoms with Crippen molar-refractivity contribution in [1.29, 1.82) is 0 Å². The Hall–Kier alpha value is -3.92. The molecule has 0 bridgehead atoms. The first kappa shape index (κ1) is 30.5. The summed E-state index contributed by atoms with van der Waals surface area (Å²) in [6.45, 7) is 4.29. The number of ether oxygens (including phenoxy) is 1. The minimum atomic E-state index is -0.595. The van der Waals surface area contributed by atoms with Crippen LogP contribution in [0.3, 0.4) is 0 Å². The number of thioether (sulfide) groups is 1. The fourth-order valence-corrected chi connectivity index (χ4v) is 7.52. The van der Waals surface area contributed by atoms with E-state index in [-0.39, 0.29) is 11.8 Å². The van der Waals surface area contributed by atoms with Crippen LogP contribution in [0.5, 0.6) is 0 Å². The smallest absolute Gasteiger partial charge is 0.341 e. The number of thiophene rings is 1. The van der Waals surface area contributed by atoms with Gasteiger partial charge < -0.3 is 15.4 Å². The van der Waals surface area contributed by atoms with Crippen molar-refractivity contribution in [3.05, 3.63) is 112 Å². The van der Waals surface area contributed by atoms with Gasteiger partial charge in [0.2, 0.25) is 11.8 Å². The average Bonchev–Trinajstić information content (AvgIpc) is 3.37. The van der Waals surface area contributed by atoms with Crippen molar-refractivity contribution < 1.29 is 19.1 Å². The van der Waals surface area contributed by atoms with Crippen LogP contribution in [0.25, 0.3) is 0 Å². The predicted octanol–water partition coefficient (Wildman–Crippen LogP) is 7.30. The number of nitrogens with zero attached hydrogens (tertiary/aromatic N) is 1. The zero-order valence-electron chi connectivity index (χ0n) is 24.3. The number of rotatable bonds is 11. The average molecular weight is 614 g/mol. The summed E-state index contributed by atoms with van der Waals surface area (Å²) in [6, 6.07) is 27.4. The SMILES string of the molecule is CCCC(=O)Nc1cccc(SC(C(=O)Nc2sc3c(c2C(=O)OC)CCN(Cc2ccccc2)C3)c2ccccc2)c1. The van der Waals surface area contributed by atoms with Gasteiger partial charge in [-0.1, -0.05) is 73.7 Å². The number of methoxy groups -OCH3 is 1. The largest absolute Gasteiger partial charge is 0.465 e. The van der Waals surface area contributed by atoms with Crippen LogP contribution in [0.2, 0.25) is 0 Å². The van der Waals surface area contributed by atoms with Crippen molar-refractivity contribution in [2.45, 2.75) is 49.4 Å². The molecule has 0 fully saturated rings. The third-order valence-electron chi connectivity index (χ3n) is 7.20. The number of nitrogens with one attached hydrogen (secondary N) is 2. The van der Waals surface area contributed by atoms with Gasteiger partial charge in [0.15, 0.2) is 0 Å². The minimum absolute atomic E-state index is 0.0404. The van der Waals surface area contributed by atoms with Crippen LogP contribution in [0.15, 0.2) is 89.8 Å². The van der Waals surface area contributed by atoms with Crippen LogP contribution in [0.4, 0.5) is 10.7 Å². The molecule has 7 nitrogen and oxygen atoms in total. The molecule has 1 aromatic heterocycles. The third-order valence-corrected chi connectivity index (χ3v) is 9.58. The van der Waals surface area contributed by atoms with E-state index in [1.54, 1.807) is 0 Å². The number of benzene rings is 3. The predicted molar refractivity (Wildman–Crippen MR) is 174 cm³/mol. The van der Waals surface area contributed by atoms with E-state index in [1.165, 1.54) is 35.8 Å². The van der Waals surface area contributed by atoms with Crippen molar-refractivity contribution >= 4 is 51.6 Å². The highest BCUT2D eigenvalue weighted by molar-refractivity contribution is 8.00. The van der Waals surface area contributed by atoms with Crippen LogP contribution in [0.1, 0.15) is 56.9 Å². The molecular weight excluding hydrogens is 579 g/mol. The Morgan fingerprint density at radius 2 is 1.72 bits per heavy atom. The monoisotopic (exact) mass is 613 g/mol. The van der Waals surface area contributed by atoms with Gasteiger partial charge in [-0.2, -0.15) is 0 Å². The lowest BCUT2D eigenvalue weighted by Crippen LogP contribution is -2.29. The Balaban J connectivity index is 1.39. The fraction of sp³-hybridized carbons (Fsp3) is 0.265. The molecule has 43 heavy (non-hydrogen) atoms. The highest BCUT2D eigenvalue weighted by Crippen LogP contribution is 2.41. The summed E-state index contributed by atoms with van der Waals surface area (Å²) in [5.74, 6) is -0.716. The number of fused-ring (bicyclic) bond motifs is 1. The molecular formula is C34H35N3O4S2. The zero-order valence-corrected chi connectivity index (χ0v) is 25.9. The van der Waals surface area contributed by atoms with Gasteiger partial charge in [-0.15, -0.1) is 23.1 Å². The van der Waals surface area contributed by atoms with Gasteiger partial charge in [-0.3, -0.25) is 14.5 Å². The van der Waals surface area contributed by atoms with Crippen LogP contribution in [-0.4, -0.2) is 36.3 Å². The summed E-state index contributed by atoms with van der Waals surface area (Å²) in [5, 5.41) is 5.95. The Morgan fingerprint density at radius 1 is 0.977 bits per heavy atom. The summed E-state index contributed by atoms with van der Waals surface area (Å²) >= 11 is 2.85. The van der Waals surface area contributed by atoms with Crippen molar-refractivity contribution in [3.63, 3.8) is 0 Å². The van der Waals surface area contributed by atoms with E-state index in [4.69, 9.17) is 4.74 Å². The molecule has 222 valence electrons. The fourth-order valence-electron chi connectivity index (χ4n) is 5.15. The molecule has 1 unspecified atom stereocenters. The van der Waals surface area contributed by atoms with E-state index in [0.29, 0.717) is 35.6 Å². The van der Waals surface area contributed by atoms with E-state index in [9.17, 15) is 14.4 Å². The first-order valence-corrected chi connectivity index (χ1v) is 16.1. The minimum Gasteiger partial charge on any atom is -0.465 e. The highest BCUT2D eigenvalue weighted by Gasteiger charge is 2.31. The third kappa shape index (κ3) is 7.73. The lowest BCUT2D eigenvalue weighted by molar-refractivity contribution is -0.116. The molecule has 2 N–H and O–H groups in total. The Morgan fingerprint density at radius 3 is 2.44 bits per heavy atom. The van der Waals surface area contributed by atoms with Gasteiger partial charge >= 0.3 is 5.97 Å². The molecule has 2 amide bonds. The van der Waals surface area contributed by atoms with Gasteiger partial charge in [-0.05, 0) is 47.7 Å². The van der Waals surface area contributed by atoms with Crippen LogP contribution < -0.4 is 10.6 Å². The lowest BCUT2D eigenvalue weighted by atomic mass is 10.0. The van der Waals surface area contributed by atoms with Crippen LogP contribution >= 0.6 is 23.1 Å². The summed E-state index contributed by atoms with van der Waals surface area (Å²) in [6.07, 6.45) is 1.91. The van der Waals surface area contributed by atoms with Crippen molar-refractivity contribution in [2.75, 3.05) is 24.3 Å². The molecule has 1 atom stereocenters. The maximum absolute atomic E-state index is 14.0. The van der Waals surface area contributed by atoms with E-state index < -0.39 is 11.2 Å². The first-order valence-electron chi connectivity index (χ1n) is 14.4. The number of hydrogen-bond donors (Lipinski definition) is 2. The maximum Gasteiger partial charge on any atom is 0.341 e. The summed E-state index contributed by atoms with van der Waals surface area (Å²) in [4.78, 5) is 43.4. The first-order chi connectivity index (χ1) is 20.9. The molecule has 0 spiro atoms.